The largest absolute Gasteiger partial charge is 0.393 e. The zero-order valence-electron chi connectivity index (χ0n) is 12.7. The van der Waals surface area contributed by atoms with Gasteiger partial charge >= 0.3 is 0 Å². The molecule has 3 saturated carbocycles. The molecule has 7 atom stereocenters. The van der Waals surface area contributed by atoms with Gasteiger partial charge in [0.05, 0.1) is 6.10 Å². The van der Waals surface area contributed by atoms with Gasteiger partial charge in [0.25, 0.3) is 0 Å². The summed E-state index contributed by atoms with van der Waals surface area (Å²) in [6.45, 7) is 2.22. The molecule has 3 fully saturated rings. The van der Waals surface area contributed by atoms with Gasteiger partial charge in [-0.05, 0) is 79.3 Å². The molecule has 0 bridgehead atoms. The normalized spacial score (nSPS) is 52.7. The van der Waals surface area contributed by atoms with Crippen LogP contribution in [0.25, 0.3) is 0 Å². The molecule has 0 aromatic carbocycles. The monoisotopic (exact) mass is 292 g/mol. The third-order valence-corrected chi connectivity index (χ3v) is 7.26. The lowest BCUT2D eigenvalue weighted by atomic mass is 9.52. The van der Waals surface area contributed by atoms with E-state index in [1.807, 2.05) is 0 Å². The van der Waals surface area contributed by atoms with Crippen molar-refractivity contribution in [2.24, 2.45) is 29.1 Å². The number of ketones is 1. The Bertz CT molecular complexity index is 499. The van der Waals surface area contributed by atoms with Gasteiger partial charge in [0.15, 0.2) is 5.78 Å². The fourth-order valence-corrected chi connectivity index (χ4v) is 6.12. The molecule has 0 heterocycles. The summed E-state index contributed by atoms with van der Waals surface area (Å²) in [6.07, 6.45) is 6.59. The summed E-state index contributed by atoms with van der Waals surface area (Å²) in [4.78, 5) is 11.6. The molecule has 0 aromatic rings. The average Bonchev–Trinajstić information content (AvgIpc) is 2.76. The molecule has 116 valence electrons. The number of carbonyl (C=O) groups excluding carboxylic acids is 1. The quantitative estimate of drug-likeness (QED) is 0.742. The number of aliphatic hydroxyl groups is 1. The first-order valence-corrected chi connectivity index (χ1v) is 8.57. The van der Waals surface area contributed by atoms with Crippen molar-refractivity contribution in [2.45, 2.75) is 64.1 Å². The van der Waals surface area contributed by atoms with Crippen LogP contribution in [0.2, 0.25) is 0 Å². The molecule has 3 heteroatoms. The number of rotatable bonds is 0. The number of alkyl halides is 1. The van der Waals surface area contributed by atoms with Gasteiger partial charge in [-0.25, -0.2) is 4.39 Å². The molecule has 0 saturated heterocycles. The summed E-state index contributed by atoms with van der Waals surface area (Å²) < 4.78 is 14.7. The summed E-state index contributed by atoms with van der Waals surface area (Å²) in [7, 11) is 0. The molecule has 2 nitrogen and oxygen atoms in total. The zero-order chi connectivity index (χ0) is 14.8. The van der Waals surface area contributed by atoms with Crippen molar-refractivity contribution in [1.82, 2.24) is 0 Å². The Balaban J connectivity index is 1.67. The molecule has 0 aliphatic heterocycles. The van der Waals surface area contributed by atoms with Crippen molar-refractivity contribution in [3.05, 3.63) is 11.6 Å². The van der Waals surface area contributed by atoms with Crippen molar-refractivity contribution in [3.8, 4) is 0 Å². The van der Waals surface area contributed by atoms with E-state index in [0.717, 1.165) is 37.7 Å². The first-order chi connectivity index (χ1) is 10.0. The van der Waals surface area contributed by atoms with Crippen LogP contribution in [-0.4, -0.2) is 23.2 Å². The van der Waals surface area contributed by atoms with E-state index < -0.39 is 6.17 Å². The minimum atomic E-state index is -0.930. The Morgan fingerprint density at radius 2 is 2.05 bits per heavy atom. The van der Waals surface area contributed by atoms with Crippen LogP contribution in [0.1, 0.15) is 51.9 Å². The highest BCUT2D eigenvalue weighted by molar-refractivity contribution is 5.91. The topological polar surface area (TPSA) is 37.3 Å². The third kappa shape index (κ3) is 1.89. The van der Waals surface area contributed by atoms with Gasteiger partial charge in [0.2, 0.25) is 0 Å². The van der Waals surface area contributed by atoms with E-state index >= 15 is 0 Å². The van der Waals surface area contributed by atoms with Gasteiger partial charge in [-0.15, -0.1) is 0 Å². The van der Waals surface area contributed by atoms with E-state index in [9.17, 15) is 14.3 Å². The number of halogens is 1. The molecular formula is C18H25FO2. The Morgan fingerprint density at radius 3 is 2.86 bits per heavy atom. The third-order valence-electron chi connectivity index (χ3n) is 7.26. The number of fused-ring (bicyclic) bond motifs is 5. The van der Waals surface area contributed by atoms with Crippen molar-refractivity contribution in [3.63, 3.8) is 0 Å². The predicted molar refractivity (Wildman–Crippen MR) is 78.4 cm³/mol. The van der Waals surface area contributed by atoms with E-state index in [0.29, 0.717) is 36.5 Å². The lowest BCUT2D eigenvalue weighted by molar-refractivity contribution is -0.116. The number of carbonyl (C=O) groups is 1. The van der Waals surface area contributed by atoms with Gasteiger partial charge in [0.1, 0.15) is 6.17 Å². The summed E-state index contributed by atoms with van der Waals surface area (Å²) >= 11 is 0. The molecule has 0 aromatic heterocycles. The van der Waals surface area contributed by atoms with Gasteiger partial charge in [0, 0.05) is 6.42 Å². The van der Waals surface area contributed by atoms with E-state index in [4.69, 9.17) is 0 Å². The minimum absolute atomic E-state index is 0.00654. The van der Waals surface area contributed by atoms with Gasteiger partial charge in [-0.2, -0.15) is 0 Å². The maximum atomic E-state index is 14.7. The Morgan fingerprint density at radius 1 is 1.24 bits per heavy atom. The highest BCUT2D eigenvalue weighted by Gasteiger charge is 2.57. The lowest BCUT2D eigenvalue weighted by Gasteiger charge is -2.54. The SMILES string of the molecule is C[C@]12CC[C@H]3[C@@H](C[C@@H](F)C4=CC(=O)CC[C@@H]43)[C@@H]1CC[C@@H]2O. The Kier molecular flexibility index (Phi) is 3.08. The second-order valence-electron chi connectivity index (χ2n) is 8.03. The summed E-state index contributed by atoms with van der Waals surface area (Å²) in [5.74, 6) is 1.83. The van der Waals surface area contributed by atoms with Crippen molar-refractivity contribution in [2.75, 3.05) is 0 Å². The molecule has 1 N–H and O–H groups in total. The maximum Gasteiger partial charge on any atom is 0.155 e. The van der Waals surface area contributed by atoms with Gasteiger partial charge in [-0.1, -0.05) is 6.92 Å². The first-order valence-electron chi connectivity index (χ1n) is 8.57. The van der Waals surface area contributed by atoms with Crippen LogP contribution in [-0.2, 0) is 4.79 Å². The summed E-state index contributed by atoms with van der Waals surface area (Å²) in [5.41, 5.74) is 0.807. The van der Waals surface area contributed by atoms with Crippen molar-refractivity contribution >= 4 is 5.78 Å². The van der Waals surface area contributed by atoms with E-state index in [1.165, 1.54) is 0 Å². The van der Waals surface area contributed by atoms with E-state index in [2.05, 4.69) is 6.92 Å². The maximum absolute atomic E-state index is 14.7. The minimum Gasteiger partial charge on any atom is -0.393 e. The van der Waals surface area contributed by atoms with Crippen molar-refractivity contribution in [1.29, 1.82) is 0 Å². The van der Waals surface area contributed by atoms with Crippen molar-refractivity contribution < 1.29 is 14.3 Å². The number of allylic oxidation sites excluding steroid dienone is 1. The van der Waals surface area contributed by atoms with Gasteiger partial charge < -0.3 is 5.11 Å². The summed E-state index contributed by atoms with van der Waals surface area (Å²) in [5, 5.41) is 10.4. The second kappa shape index (κ2) is 4.65. The highest BCUT2D eigenvalue weighted by Crippen LogP contribution is 2.62. The van der Waals surface area contributed by atoms with Crippen LogP contribution in [0, 0.1) is 29.1 Å². The van der Waals surface area contributed by atoms with Crippen LogP contribution < -0.4 is 0 Å². The molecule has 0 amide bonds. The number of hydrogen-bond acceptors (Lipinski definition) is 2. The standard InChI is InChI=1S/C18H25FO2/c1-18-7-6-12-11-3-2-10(20)8-14(11)16(19)9-13(12)15(18)4-5-17(18)21/h8,11-13,15-17,21H,2-7,9H2,1H3/t11-,12-,13-,15+,16-,17+,18+/m1/s1. The lowest BCUT2D eigenvalue weighted by Crippen LogP contribution is -2.49. The number of aliphatic hydroxyl groups excluding tert-OH is 1. The van der Waals surface area contributed by atoms with Crippen LogP contribution in [0.15, 0.2) is 11.6 Å². The number of hydrogen-bond donors (Lipinski definition) is 1. The fraction of sp³-hybridized carbons (Fsp3) is 0.833. The molecule has 4 rings (SSSR count). The predicted octanol–water partition coefficient (Wildman–Crippen LogP) is 3.44. The Hall–Kier alpha value is -0.700. The molecule has 21 heavy (non-hydrogen) atoms. The average molecular weight is 292 g/mol. The molecule has 0 unspecified atom stereocenters. The Labute approximate surface area is 125 Å². The fourth-order valence-electron chi connectivity index (χ4n) is 6.12. The molecule has 4 aliphatic carbocycles. The van der Waals surface area contributed by atoms with Crippen LogP contribution >= 0.6 is 0 Å². The smallest absolute Gasteiger partial charge is 0.155 e. The first kappa shape index (κ1) is 13.9. The molecule has 0 spiro atoms. The van der Waals surface area contributed by atoms with E-state index in [1.54, 1.807) is 6.08 Å². The highest BCUT2D eigenvalue weighted by atomic mass is 19.1. The van der Waals surface area contributed by atoms with Crippen LogP contribution in [0.4, 0.5) is 4.39 Å². The second-order valence-corrected chi connectivity index (χ2v) is 8.03. The van der Waals surface area contributed by atoms with Gasteiger partial charge in [-0.3, -0.25) is 4.79 Å². The molecular weight excluding hydrogens is 267 g/mol. The molecule has 4 aliphatic rings. The molecule has 0 radical (unpaired) electrons. The van der Waals surface area contributed by atoms with Crippen LogP contribution in [0.3, 0.4) is 0 Å². The summed E-state index contributed by atoms with van der Waals surface area (Å²) in [6, 6.07) is 0. The van der Waals surface area contributed by atoms with Crippen LogP contribution in [0.5, 0.6) is 0 Å². The zero-order valence-corrected chi connectivity index (χ0v) is 12.7. The van der Waals surface area contributed by atoms with E-state index in [-0.39, 0.29) is 17.3 Å².